The van der Waals surface area contributed by atoms with Crippen LogP contribution in [-0.4, -0.2) is 101 Å². The molecule has 2 heterocycles. The van der Waals surface area contributed by atoms with Gasteiger partial charge in [-0.05, 0) is 126 Å². The normalized spacial score (nSPS) is 39.6. The predicted molar refractivity (Wildman–Crippen MR) is 213 cm³/mol. The first-order chi connectivity index (χ1) is 25.3. The average molecular weight is 750 g/mol. The summed E-state index contributed by atoms with van der Waals surface area (Å²) in [6.07, 6.45) is 16.8. The molecule has 2 N–H and O–H groups in total. The van der Waals surface area contributed by atoms with Crippen LogP contribution in [-0.2, 0) is 20.3 Å². The van der Waals surface area contributed by atoms with Gasteiger partial charge in [0.2, 0.25) is 6.41 Å². The third kappa shape index (κ3) is 6.90. The van der Waals surface area contributed by atoms with Crippen LogP contribution in [0.1, 0.15) is 115 Å². The van der Waals surface area contributed by atoms with Gasteiger partial charge < -0.3 is 25.0 Å². The number of fused-ring (bicyclic) bond motifs is 7. The Morgan fingerprint density at radius 1 is 0.887 bits per heavy atom. The Labute approximate surface area is 321 Å². The number of carbonyl (C=O) groups excluding carboxylic acids is 1. The molecule has 1 aromatic carbocycles. The smallest absolute Gasteiger partial charge is 0.335 e. The van der Waals surface area contributed by atoms with Gasteiger partial charge in [-0.15, -0.1) is 0 Å². The Morgan fingerprint density at radius 3 is 2.26 bits per heavy atom. The summed E-state index contributed by atoms with van der Waals surface area (Å²) in [5, 5.41) is 13.7. The molecule has 8 atom stereocenters. The zero-order valence-electron chi connectivity index (χ0n) is 33.3. The van der Waals surface area contributed by atoms with Crippen molar-refractivity contribution in [3.8, 4) is 0 Å². The van der Waals surface area contributed by atoms with Gasteiger partial charge in [-0.1, -0.05) is 59.2 Å². The molecule has 4 saturated carbocycles. The fourth-order valence-electron chi connectivity index (χ4n) is 13.8. The van der Waals surface area contributed by atoms with Crippen LogP contribution < -0.4 is 5.32 Å². The molecule has 8 nitrogen and oxygen atoms in total. The zero-order valence-corrected chi connectivity index (χ0v) is 34.1. The highest BCUT2D eigenvalue weighted by Gasteiger charge is 2.69. The second kappa shape index (κ2) is 15.1. The molecule has 1 amide bonds. The van der Waals surface area contributed by atoms with Crippen molar-refractivity contribution < 1.29 is 23.6 Å². The van der Waals surface area contributed by atoms with Crippen LogP contribution in [0.5, 0.6) is 0 Å². The Balaban J connectivity index is 0.000000483. The number of carboxylic acid groups (broad SMARTS) is 1. The Morgan fingerprint density at radius 2 is 1.60 bits per heavy atom. The number of amides is 1. The van der Waals surface area contributed by atoms with E-state index in [1.165, 1.54) is 68.9 Å². The summed E-state index contributed by atoms with van der Waals surface area (Å²) in [4.78, 5) is 25.8. The maximum Gasteiger partial charge on any atom is 0.335 e. The minimum atomic E-state index is -0.854. The monoisotopic (exact) mass is 749 g/mol. The van der Waals surface area contributed by atoms with Crippen molar-refractivity contribution >= 4 is 28.8 Å². The topological polar surface area (TPSA) is 99.2 Å². The Kier molecular flexibility index (Phi) is 11.2. The highest BCUT2D eigenvalue weighted by atomic mass is 32.2. The summed E-state index contributed by atoms with van der Waals surface area (Å²) in [7, 11) is -0.600. The van der Waals surface area contributed by atoms with E-state index < -0.39 is 16.8 Å². The molecule has 1 aromatic rings. The summed E-state index contributed by atoms with van der Waals surface area (Å²) in [5.74, 6) is 3.83. The maximum absolute atomic E-state index is 11.9. The number of benzene rings is 1. The van der Waals surface area contributed by atoms with Crippen LogP contribution in [0.15, 0.2) is 30.3 Å². The Hall–Kier alpha value is -2.07. The highest BCUT2D eigenvalue weighted by molar-refractivity contribution is 7.85. The number of allylic oxidation sites excluding steroid dienone is 2. The van der Waals surface area contributed by atoms with Crippen molar-refractivity contribution in [2.45, 2.75) is 104 Å². The number of nitrogens with one attached hydrogen (secondary N) is 1. The molecule has 53 heavy (non-hydrogen) atoms. The van der Waals surface area contributed by atoms with Gasteiger partial charge in [0, 0.05) is 67.1 Å². The number of hydrogen-bond acceptors (Lipinski definition) is 6. The van der Waals surface area contributed by atoms with E-state index in [0.29, 0.717) is 41.1 Å². The lowest BCUT2D eigenvalue weighted by atomic mass is 9.33. The molecule has 9 heteroatoms. The number of carbonyl (C=O) groups is 2. The molecular weight excluding hydrogens is 683 g/mol. The summed E-state index contributed by atoms with van der Waals surface area (Å²) in [6.45, 7) is 20.1. The van der Waals surface area contributed by atoms with Crippen molar-refractivity contribution in [1.82, 2.24) is 15.1 Å². The van der Waals surface area contributed by atoms with Gasteiger partial charge in [0.1, 0.15) is 0 Å². The standard InChI is InChI=1S/C39H58N2O3S.C5H9NO2/c1-35(2)29(27-8-10-28(11-9-27)34(42)43)14-17-36(3)32(35)15-18-38(5)33(36)13-12-30-31-7-6-16-39(31,20-19-37(30,38)4)40-21-22-41-23-25-45(44)26-24-41;7-5-6-1-3-8-4-2-6/h8-11,14,30-33,40H,6-7,12-13,15-26H2,1-5H3,(H,42,43);5H,1-4H2/t30?,31-,32?,33?,36?,37-,38?,39?;/m1./s1. The molecule has 0 radical (unpaired) electrons. The summed E-state index contributed by atoms with van der Waals surface area (Å²) in [5.41, 5.74) is 4.41. The third-order valence-corrected chi connectivity index (χ3v) is 18.0. The highest BCUT2D eigenvalue weighted by Crippen LogP contribution is 2.76. The van der Waals surface area contributed by atoms with E-state index in [1.807, 2.05) is 12.1 Å². The summed E-state index contributed by atoms with van der Waals surface area (Å²) < 4.78 is 16.9. The zero-order chi connectivity index (χ0) is 37.6. The minimum Gasteiger partial charge on any atom is -0.478 e. The lowest BCUT2D eigenvalue weighted by Crippen LogP contribution is -2.67. The molecule has 2 aliphatic heterocycles. The molecule has 2 saturated heterocycles. The van der Waals surface area contributed by atoms with Crippen molar-refractivity contribution in [2.24, 2.45) is 45.3 Å². The van der Waals surface area contributed by atoms with Crippen LogP contribution in [0.4, 0.5) is 0 Å². The number of morpholine rings is 1. The molecular formula is C44H67N3O5S. The van der Waals surface area contributed by atoms with Crippen LogP contribution in [0, 0.1) is 45.3 Å². The largest absolute Gasteiger partial charge is 0.478 e. The first kappa shape index (κ1) is 39.2. The first-order valence-corrected chi connectivity index (χ1v) is 22.4. The van der Waals surface area contributed by atoms with Gasteiger partial charge in [-0.25, -0.2) is 4.79 Å². The van der Waals surface area contributed by atoms with Gasteiger partial charge in [-0.3, -0.25) is 9.00 Å². The quantitative estimate of drug-likeness (QED) is 0.287. The molecule has 7 aliphatic rings. The van der Waals surface area contributed by atoms with Gasteiger partial charge in [0.05, 0.1) is 18.8 Å². The van der Waals surface area contributed by atoms with E-state index >= 15 is 0 Å². The third-order valence-electron chi connectivity index (χ3n) is 16.8. The van der Waals surface area contributed by atoms with Gasteiger partial charge in [0.25, 0.3) is 0 Å². The van der Waals surface area contributed by atoms with Gasteiger partial charge in [0.15, 0.2) is 0 Å². The van der Waals surface area contributed by atoms with E-state index in [9.17, 15) is 18.9 Å². The van der Waals surface area contributed by atoms with E-state index in [1.54, 1.807) is 17.0 Å². The first-order valence-electron chi connectivity index (χ1n) is 20.9. The van der Waals surface area contributed by atoms with E-state index in [4.69, 9.17) is 4.74 Å². The molecule has 0 aromatic heterocycles. The van der Waals surface area contributed by atoms with Crippen molar-refractivity contribution in [2.75, 3.05) is 64.0 Å². The lowest BCUT2D eigenvalue weighted by Gasteiger charge is -2.72. The summed E-state index contributed by atoms with van der Waals surface area (Å²) >= 11 is 0. The summed E-state index contributed by atoms with van der Waals surface area (Å²) in [6, 6.07) is 7.63. The number of carboxylic acids is 1. The number of aromatic carboxylic acids is 1. The number of ether oxygens (including phenoxy) is 1. The van der Waals surface area contributed by atoms with E-state index in [0.717, 1.165) is 81.4 Å². The molecule has 6 unspecified atom stereocenters. The van der Waals surface area contributed by atoms with Crippen LogP contribution >= 0.6 is 0 Å². The van der Waals surface area contributed by atoms with E-state index in [2.05, 4.69) is 50.9 Å². The molecule has 294 valence electrons. The van der Waals surface area contributed by atoms with Crippen molar-refractivity contribution in [3.05, 3.63) is 41.5 Å². The molecule has 0 bridgehead atoms. The number of rotatable bonds is 7. The van der Waals surface area contributed by atoms with Crippen LogP contribution in [0.3, 0.4) is 0 Å². The molecule has 8 rings (SSSR count). The number of hydrogen-bond donors (Lipinski definition) is 2. The second-order valence-corrected chi connectivity index (χ2v) is 20.8. The second-order valence-electron chi connectivity index (χ2n) is 19.1. The van der Waals surface area contributed by atoms with Gasteiger partial charge in [-0.2, -0.15) is 0 Å². The van der Waals surface area contributed by atoms with E-state index in [-0.39, 0.29) is 10.8 Å². The predicted octanol–water partition coefficient (Wildman–Crippen LogP) is 7.11. The minimum absolute atomic E-state index is 0.0529. The van der Waals surface area contributed by atoms with Crippen LogP contribution in [0.25, 0.3) is 5.57 Å². The Bertz CT molecular complexity index is 1550. The fraction of sp³-hybridized carbons (Fsp3) is 0.773. The number of nitrogens with zero attached hydrogens (tertiary/aromatic N) is 2. The van der Waals surface area contributed by atoms with Crippen molar-refractivity contribution in [1.29, 1.82) is 0 Å². The maximum atomic E-state index is 11.9. The van der Waals surface area contributed by atoms with Crippen LogP contribution in [0.2, 0.25) is 0 Å². The molecule has 5 aliphatic carbocycles. The molecule has 6 fully saturated rings. The lowest BCUT2D eigenvalue weighted by molar-refractivity contribution is -0.217. The fourth-order valence-corrected chi connectivity index (χ4v) is 14.9. The van der Waals surface area contributed by atoms with Crippen molar-refractivity contribution in [3.63, 3.8) is 0 Å². The SMILES string of the molecule is CC1(C)C(c2ccc(C(=O)O)cc2)=CCC2(C)C1CCC1(C)C2CCC2[C@H]3CCCC3(NCCN3CCS(=O)CC3)CC[C@]21C.O=CN1CCOCC1. The van der Waals surface area contributed by atoms with Gasteiger partial charge >= 0.3 is 5.97 Å². The molecule has 0 spiro atoms. The average Bonchev–Trinajstić information content (AvgIpc) is 3.57.